The molecular weight excluding hydrogens is 424 g/mol. The van der Waals surface area contributed by atoms with E-state index in [1.807, 2.05) is 0 Å². The van der Waals surface area contributed by atoms with E-state index in [4.69, 9.17) is 14.2 Å². The van der Waals surface area contributed by atoms with Gasteiger partial charge in [0.15, 0.2) is 18.1 Å². The molecule has 1 atom stereocenters. The molecular formula is C21H30N2O7S. The number of likely N-dealkylation sites (N-methyl/N-ethyl adjacent to an activating group) is 1. The van der Waals surface area contributed by atoms with Crippen molar-refractivity contribution in [2.24, 2.45) is 5.92 Å². The molecule has 0 saturated heterocycles. The highest BCUT2D eigenvalue weighted by Crippen LogP contribution is 2.32. The van der Waals surface area contributed by atoms with Crippen LogP contribution >= 0.6 is 0 Å². The van der Waals surface area contributed by atoms with Crippen LogP contribution in [0.1, 0.15) is 27.7 Å². The topological polar surface area (TPSA) is 111 Å². The van der Waals surface area contributed by atoms with Gasteiger partial charge in [0.05, 0.1) is 4.90 Å². The van der Waals surface area contributed by atoms with E-state index in [1.165, 1.54) is 23.1 Å². The molecule has 1 heterocycles. The second-order valence-corrected chi connectivity index (χ2v) is 9.34. The van der Waals surface area contributed by atoms with Crippen molar-refractivity contribution >= 4 is 21.9 Å². The summed E-state index contributed by atoms with van der Waals surface area (Å²) in [6.45, 7) is 11.8. The lowest BCUT2D eigenvalue weighted by atomic mass is 10.1. The normalized spacial score (nSPS) is 14.1. The van der Waals surface area contributed by atoms with Gasteiger partial charge >= 0.3 is 5.97 Å². The molecule has 10 heteroatoms. The second-order valence-electron chi connectivity index (χ2n) is 7.62. The third kappa shape index (κ3) is 6.70. The Morgan fingerprint density at radius 1 is 1.23 bits per heavy atom. The van der Waals surface area contributed by atoms with Crippen molar-refractivity contribution in [3.63, 3.8) is 0 Å². The number of esters is 1. The number of hydrogen-bond acceptors (Lipinski definition) is 7. The highest BCUT2D eigenvalue weighted by atomic mass is 32.2. The Hall–Kier alpha value is -2.59. The molecule has 0 aliphatic carbocycles. The number of carbonyl (C=O) groups is 2. The fourth-order valence-electron chi connectivity index (χ4n) is 2.90. The minimum atomic E-state index is -4.05. The standard InChI is InChI=1S/C21H30N2O7S/c1-6-23(12-14(2)3)19(24)13-30-21(25)20(15(4)5)22-31(26,27)16-7-8-17-18(11-16)29-10-9-28-17/h7-8,11,15,20,22H,2,6,9-10,12-13H2,1,3-5H3. The van der Waals surface area contributed by atoms with Crippen molar-refractivity contribution in [2.45, 2.75) is 38.6 Å². The molecule has 1 amide bonds. The fraction of sp³-hybridized carbons (Fsp3) is 0.524. The molecule has 1 aromatic carbocycles. The Labute approximate surface area is 183 Å². The SMILES string of the molecule is C=C(C)CN(CC)C(=O)COC(=O)C(NS(=O)(=O)c1ccc2c(c1)OCCO2)C(C)C. The molecule has 0 radical (unpaired) electrons. The summed E-state index contributed by atoms with van der Waals surface area (Å²) in [5, 5.41) is 0. The number of ether oxygens (including phenoxy) is 3. The highest BCUT2D eigenvalue weighted by molar-refractivity contribution is 7.89. The van der Waals surface area contributed by atoms with Gasteiger partial charge in [-0.3, -0.25) is 9.59 Å². The van der Waals surface area contributed by atoms with Crippen LogP contribution in [0, 0.1) is 5.92 Å². The van der Waals surface area contributed by atoms with Crippen LogP contribution in [0.4, 0.5) is 0 Å². The number of fused-ring (bicyclic) bond motifs is 1. The van der Waals surface area contributed by atoms with Crippen molar-refractivity contribution in [1.29, 1.82) is 0 Å². The van der Waals surface area contributed by atoms with Gasteiger partial charge in [0.25, 0.3) is 5.91 Å². The first-order valence-corrected chi connectivity index (χ1v) is 11.5. The van der Waals surface area contributed by atoms with Crippen LogP contribution in [0.15, 0.2) is 35.2 Å². The molecule has 1 aliphatic heterocycles. The third-order valence-corrected chi connectivity index (χ3v) is 6.00. The largest absolute Gasteiger partial charge is 0.486 e. The minimum absolute atomic E-state index is 0.0649. The number of nitrogens with one attached hydrogen (secondary N) is 1. The zero-order valence-corrected chi connectivity index (χ0v) is 19.2. The van der Waals surface area contributed by atoms with Gasteiger partial charge in [-0.15, -0.1) is 0 Å². The van der Waals surface area contributed by atoms with E-state index in [9.17, 15) is 18.0 Å². The van der Waals surface area contributed by atoms with Crippen LogP contribution in [0.5, 0.6) is 11.5 Å². The Bertz CT molecular complexity index is 928. The fourth-order valence-corrected chi connectivity index (χ4v) is 4.25. The molecule has 9 nitrogen and oxygen atoms in total. The maximum Gasteiger partial charge on any atom is 0.324 e. The number of sulfonamides is 1. The molecule has 0 bridgehead atoms. The van der Waals surface area contributed by atoms with Gasteiger partial charge in [0.2, 0.25) is 10.0 Å². The van der Waals surface area contributed by atoms with Gasteiger partial charge in [-0.05, 0) is 31.9 Å². The van der Waals surface area contributed by atoms with Crippen LogP contribution in [-0.2, 0) is 24.3 Å². The maximum atomic E-state index is 12.9. The lowest BCUT2D eigenvalue weighted by Gasteiger charge is -2.24. The Balaban J connectivity index is 2.08. The van der Waals surface area contributed by atoms with E-state index in [0.717, 1.165) is 5.57 Å². The predicted molar refractivity (Wildman–Crippen MR) is 114 cm³/mol. The summed E-state index contributed by atoms with van der Waals surface area (Å²) in [4.78, 5) is 26.3. The van der Waals surface area contributed by atoms with Crippen molar-refractivity contribution in [3.05, 3.63) is 30.4 Å². The molecule has 0 fully saturated rings. The van der Waals surface area contributed by atoms with Gasteiger partial charge in [-0.25, -0.2) is 8.42 Å². The summed E-state index contributed by atoms with van der Waals surface area (Å²) in [6, 6.07) is 3.06. The second kappa shape index (κ2) is 10.6. The number of nitrogens with zero attached hydrogens (tertiary/aromatic N) is 1. The molecule has 172 valence electrons. The number of amides is 1. The van der Waals surface area contributed by atoms with Gasteiger partial charge < -0.3 is 19.1 Å². The first kappa shape index (κ1) is 24.7. The average molecular weight is 455 g/mol. The van der Waals surface area contributed by atoms with E-state index in [1.54, 1.807) is 27.7 Å². The molecule has 1 N–H and O–H groups in total. The number of benzene rings is 1. The monoisotopic (exact) mass is 454 g/mol. The quantitative estimate of drug-likeness (QED) is 0.423. The van der Waals surface area contributed by atoms with E-state index in [2.05, 4.69) is 11.3 Å². The summed E-state index contributed by atoms with van der Waals surface area (Å²) < 4.78 is 44.0. The Morgan fingerprint density at radius 2 is 1.87 bits per heavy atom. The molecule has 31 heavy (non-hydrogen) atoms. The average Bonchev–Trinajstić information content (AvgIpc) is 2.73. The summed E-state index contributed by atoms with van der Waals surface area (Å²) in [7, 11) is -4.05. The zero-order chi connectivity index (χ0) is 23.2. The Kier molecular flexibility index (Phi) is 8.46. The number of rotatable bonds is 10. The minimum Gasteiger partial charge on any atom is -0.486 e. The molecule has 1 aromatic rings. The summed E-state index contributed by atoms with van der Waals surface area (Å²) in [5.74, 6) is -0.835. The summed E-state index contributed by atoms with van der Waals surface area (Å²) in [5.41, 5.74) is 0.800. The molecule has 2 rings (SSSR count). The van der Waals surface area contributed by atoms with E-state index in [0.29, 0.717) is 37.8 Å². The van der Waals surface area contributed by atoms with Crippen molar-refractivity contribution in [2.75, 3.05) is 32.9 Å². The van der Waals surface area contributed by atoms with Crippen molar-refractivity contribution < 1.29 is 32.2 Å². The van der Waals surface area contributed by atoms with Gasteiger partial charge in [-0.1, -0.05) is 26.0 Å². The number of carbonyl (C=O) groups excluding carboxylic acids is 2. The van der Waals surface area contributed by atoms with Crippen LogP contribution < -0.4 is 14.2 Å². The van der Waals surface area contributed by atoms with Crippen LogP contribution in [-0.4, -0.2) is 64.1 Å². The molecule has 1 unspecified atom stereocenters. The summed E-state index contributed by atoms with van der Waals surface area (Å²) in [6.07, 6.45) is 0. The van der Waals surface area contributed by atoms with Crippen LogP contribution in [0.25, 0.3) is 0 Å². The maximum absolute atomic E-state index is 12.9. The first-order chi connectivity index (χ1) is 14.5. The van der Waals surface area contributed by atoms with Gasteiger partial charge in [0.1, 0.15) is 19.3 Å². The van der Waals surface area contributed by atoms with Gasteiger partial charge in [0, 0.05) is 19.2 Å². The van der Waals surface area contributed by atoms with Crippen molar-refractivity contribution in [1.82, 2.24) is 9.62 Å². The number of hydrogen-bond donors (Lipinski definition) is 1. The molecule has 0 aromatic heterocycles. The molecule has 0 saturated carbocycles. The lowest BCUT2D eigenvalue weighted by Crippen LogP contribution is -2.46. The third-order valence-electron chi connectivity index (χ3n) is 4.56. The van der Waals surface area contributed by atoms with Gasteiger partial charge in [-0.2, -0.15) is 4.72 Å². The lowest BCUT2D eigenvalue weighted by molar-refractivity contribution is -0.154. The van der Waals surface area contributed by atoms with E-state index >= 15 is 0 Å². The predicted octanol–water partition coefficient (Wildman–Crippen LogP) is 1.73. The first-order valence-electron chi connectivity index (χ1n) is 10.1. The zero-order valence-electron chi connectivity index (χ0n) is 18.3. The molecule has 1 aliphatic rings. The van der Waals surface area contributed by atoms with E-state index < -0.39 is 34.6 Å². The molecule has 0 spiro atoms. The Morgan fingerprint density at radius 3 is 2.45 bits per heavy atom. The highest BCUT2D eigenvalue weighted by Gasteiger charge is 2.31. The smallest absolute Gasteiger partial charge is 0.324 e. The van der Waals surface area contributed by atoms with Crippen molar-refractivity contribution in [3.8, 4) is 11.5 Å². The summed E-state index contributed by atoms with van der Waals surface area (Å²) >= 11 is 0. The van der Waals surface area contributed by atoms with E-state index in [-0.39, 0.29) is 10.8 Å². The van der Waals surface area contributed by atoms with Crippen LogP contribution in [0.3, 0.4) is 0 Å². The van der Waals surface area contributed by atoms with Crippen LogP contribution in [0.2, 0.25) is 0 Å².